The second-order valence-electron chi connectivity index (χ2n) is 5.40. The highest BCUT2D eigenvalue weighted by atomic mass is 79.9. The smallest absolute Gasteiger partial charge is 0.335 e. The van der Waals surface area contributed by atoms with E-state index in [4.69, 9.17) is 4.74 Å². The molecule has 1 saturated heterocycles. The third-order valence-corrected chi connectivity index (χ3v) is 4.21. The molecule has 7 nitrogen and oxygen atoms in total. The van der Waals surface area contributed by atoms with Crippen molar-refractivity contribution in [2.24, 2.45) is 10.9 Å². The molecule has 1 N–H and O–H groups in total. The summed E-state index contributed by atoms with van der Waals surface area (Å²) in [6.07, 6.45) is 1.24. The van der Waals surface area contributed by atoms with E-state index >= 15 is 0 Å². The van der Waals surface area contributed by atoms with Crippen LogP contribution in [0.3, 0.4) is 0 Å². The van der Waals surface area contributed by atoms with Crippen LogP contribution in [-0.2, 0) is 9.59 Å². The lowest BCUT2D eigenvalue weighted by atomic mass is 10.1. The Morgan fingerprint density at radius 2 is 1.88 bits per heavy atom. The molecule has 1 aliphatic rings. The number of amides is 4. The fourth-order valence-electron chi connectivity index (χ4n) is 2.41. The Hall–Kier alpha value is -3.00. The molecule has 2 aromatic rings. The molecule has 1 aliphatic heterocycles. The molecule has 0 saturated carbocycles. The van der Waals surface area contributed by atoms with Crippen molar-refractivity contribution in [2.45, 2.75) is 0 Å². The van der Waals surface area contributed by atoms with Gasteiger partial charge in [-0.2, -0.15) is 0 Å². The Morgan fingerprint density at radius 1 is 1.15 bits per heavy atom. The van der Waals surface area contributed by atoms with Crippen LogP contribution in [0, 0.1) is 5.92 Å². The second kappa shape index (κ2) is 7.49. The molecule has 2 aromatic carbocycles. The summed E-state index contributed by atoms with van der Waals surface area (Å²) in [6.45, 7) is 0. The zero-order valence-corrected chi connectivity index (χ0v) is 15.3. The van der Waals surface area contributed by atoms with Crippen molar-refractivity contribution in [1.29, 1.82) is 0 Å². The number of rotatable bonds is 4. The van der Waals surface area contributed by atoms with Crippen molar-refractivity contribution in [3.63, 3.8) is 0 Å². The molecule has 0 aliphatic carbocycles. The van der Waals surface area contributed by atoms with Gasteiger partial charge in [0.05, 0.1) is 18.5 Å². The lowest BCUT2D eigenvalue weighted by Crippen LogP contribution is -2.58. The van der Waals surface area contributed by atoms with Gasteiger partial charge in [0.25, 0.3) is 5.91 Å². The normalized spacial score (nSPS) is 17.5. The molecular weight excluding hydrogens is 402 g/mol. The molecule has 26 heavy (non-hydrogen) atoms. The number of carbonyl (C=O) groups is 3. The van der Waals surface area contributed by atoms with Gasteiger partial charge in [-0.25, -0.2) is 9.69 Å². The van der Waals surface area contributed by atoms with Crippen molar-refractivity contribution in [2.75, 3.05) is 12.0 Å². The first-order chi connectivity index (χ1) is 12.5. The van der Waals surface area contributed by atoms with Gasteiger partial charge in [-0.15, -0.1) is 0 Å². The minimum atomic E-state index is -1.20. The molecular formula is C18H14BrN3O4. The Morgan fingerprint density at radius 3 is 2.54 bits per heavy atom. The van der Waals surface area contributed by atoms with Crippen LogP contribution < -0.4 is 15.0 Å². The monoisotopic (exact) mass is 415 g/mol. The maximum atomic E-state index is 12.7. The Labute approximate surface area is 157 Å². The summed E-state index contributed by atoms with van der Waals surface area (Å²) in [6, 6.07) is 12.7. The number of hydrogen-bond donors (Lipinski definition) is 1. The van der Waals surface area contributed by atoms with E-state index < -0.39 is 23.8 Å². The van der Waals surface area contributed by atoms with Crippen molar-refractivity contribution >= 4 is 51.4 Å². The van der Waals surface area contributed by atoms with Crippen LogP contribution >= 0.6 is 15.9 Å². The van der Waals surface area contributed by atoms with Crippen LogP contribution in [0.5, 0.6) is 5.75 Å². The third kappa shape index (κ3) is 3.65. The van der Waals surface area contributed by atoms with Gasteiger partial charge in [-0.1, -0.05) is 22.0 Å². The standard InChI is InChI=1S/C18H14BrN3O4/c1-26-14-7-5-13(6-8-14)22-17(24)15(16(23)21-18(22)25)10-20-12-4-2-3-11(19)9-12/h2-10,15H,1H3,(H,21,23,25)/t15-/m1/s1. The molecule has 0 aromatic heterocycles. The lowest BCUT2D eigenvalue weighted by Gasteiger charge is -2.28. The quantitative estimate of drug-likeness (QED) is 0.613. The number of benzene rings is 2. The fourth-order valence-corrected chi connectivity index (χ4v) is 2.80. The van der Waals surface area contributed by atoms with Crippen LogP contribution in [0.1, 0.15) is 0 Å². The van der Waals surface area contributed by atoms with E-state index in [1.165, 1.54) is 13.3 Å². The van der Waals surface area contributed by atoms with E-state index in [9.17, 15) is 14.4 Å². The molecule has 132 valence electrons. The van der Waals surface area contributed by atoms with Gasteiger partial charge < -0.3 is 4.74 Å². The number of barbiturate groups is 1. The van der Waals surface area contributed by atoms with Gasteiger partial charge in [0, 0.05) is 10.7 Å². The summed E-state index contributed by atoms with van der Waals surface area (Å²) in [5, 5.41) is 2.18. The molecule has 0 spiro atoms. The van der Waals surface area contributed by atoms with Crippen molar-refractivity contribution in [3.05, 3.63) is 53.0 Å². The predicted octanol–water partition coefficient (Wildman–Crippen LogP) is 3.06. The first-order valence-electron chi connectivity index (χ1n) is 7.62. The average molecular weight is 416 g/mol. The topological polar surface area (TPSA) is 88.1 Å². The van der Waals surface area contributed by atoms with E-state index in [1.807, 2.05) is 6.07 Å². The molecule has 1 fully saturated rings. The first-order valence-corrected chi connectivity index (χ1v) is 8.41. The fraction of sp³-hybridized carbons (Fsp3) is 0.111. The number of urea groups is 1. The zero-order chi connectivity index (χ0) is 18.7. The van der Waals surface area contributed by atoms with Crippen molar-refractivity contribution in [1.82, 2.24) is 5.32 Å². The Kier molecular flexibility index (Phi) is 5.13. The second-order valence-corrected chi connectivity index (χ2v) is 6.32. The minimum Gasteiger partial charge on any atom is -0.497 e. The highest BCUT2D eigenvalue weighted by Crippen LogP contribution is 2.24. The number of nitrogens with one attached hydrogen (secondary N) is 1. The SMILES string of the molecule is COc1ccc(N2C(=O)NC(=O)[C@@H](C=Nc3cccc(Br)c3)C2=O)cc1. The van der Waals surface area contributed by atoms with Gasteiger partial charge in [-0.3, -0.25) is 19.9 Å². The summed E-state index contributed by atoms with van der Waals surface area (Å²) in [5.74, 6) is -1.98. The van der Waals surface area contributed by atoms with Crippen LogP contribution in [-0.4, -0.2) is 31.2 Å². The molecule has 0 unspecified atom stereocenters. The summed E-state index contributed by atoms with van der Waals surface area (Å²) in [4.78, 5) is 42.0. The first kappa shape index (κ1) is 17.8. The van der Waals surface area contributed by atoms with E-state index in [-0.39, 0.29) is 0 Å². The summed E-state index contributed by atoms with van der Waals surface area (Å²) >= 11 is 3.33. The maximum absolute atomic E-state index is 12.7. The molecule has 1 atom stereocenters. The van der Waals surface area contributed by atoms with Gasteiger partial charge in [0.15, 0.2) is 5.92 Å². The predicted molar refractivity (Wildman–Crippen MR) is 99.8 cm³/mol. The van der Waals surface area contributed by atoms with Gasteiger partial charge in [0.1, 0.15) is 5.75 Å². The van der Waals surface area contributed by atoms with E-state index in [1.54, 1.807) is 42.5 Å². The van der Waals surface area contributed by atoms with E-state index in [0.717, 1.165) is 9.37 Å². The summed E-state index contributed by atoms with van der Waals surface area (Å²) in [5.41, 5.74) is 0.912. The number of aliphatic imine (C=N–C) groups is 1. The van der Waals surface area contributed by atoms with E-state index in [0.29, 0.717) is 17.1 Å². The number of anilines is 1. The highest BCUT2D eigenvalue weighted by Gasteiger charge is 2.40. The minimum absolute atomic E-state index is 0.335. The number of imide groups is 2. The highest BCUT2D eigenvalue weighted by molar-refractivity contribution is 9.10. The Balaban J connectivity index is 1.87. The average Bonchev–Trinajstić information content (AvgIpc) is 2.62. The van der Waals surface area contributed by atoms with Crippen molar-refractivity contribution < 1.29 is 19.1 Å². The van der Waals surface area contributed by atoms with Crippen LogP contribution in [0.15, 0.2) is 58.0 Å². The van der Waals surface area contributed by atoms with Crippen LogP contribution in [0.2, 0.25) is 0 Å². The molecule has 0 radical (unpaired) electrons. The molecule has 0 bridgehead atoms. The third-order valence-electron chi connectivity index (χ3n) is 3.71. The number of methoxy groups -OCH3 is 1. The zero-order valence-electron chi connectivity index (χ0n) is 13.7. The van der Waals surface area contributed by atoms with Gasteiger partial charge >= 0.3 is 6.03 Å². The number of carbonyl (C=O) groups excluding carboxylic acids is 3. The van der Waals surface area contributed by atoms with E-state index in [2.05, 4.69) is 26.2 Å². The summed E-state index contributed by atoms with van der Waals surface area (Å²) < 4.78 is 5.88. The Bertz CT molecular complexity index is 896. The maximum Gasteiger partial charge on any atom is 0.335 e. The molecule has 4 amide bonds. The van der Waals surface area contributed by atoms with Gasteiger partial charge in [-0.05, 0) is 42.5 Å². The number of nitrogens with zero attached hydrogens (tertiary/aromatic N) is 2. The number of halogens is 1. The van der Waals surface area contributed by atoms with Gasteiger partial charge in [0.2, 0.25) is 5.91 Å². The molecule has 3 rings (SSSR count). The number of hydrogen-bond acceptors (Lipinski definition) is 5. The largest absolute Gasteiger partial charge is 0.497 e. The van der Waals surface area contributed by atoms with Crippen LogP contribution in [0.4, 0.5) is 16.2 Å². The lowest BCUT2D eigenvalue weighted by molar-refractivity contribution is -0.131. The van der Waals surface area contributed by atoms with Crippen molar-refractivity contribution in [3.8, 4) is 5.75 Å². The molecule has 1 heterocycles. The van der Waals surface area contributed by atoms with Crippen LogP contribution in [0.25, 0.3) is 0 Å². The summed E-state index contributed by atoms with van der Waals surface area (Å²) in [7, 11) is 1.51. The number of ether oxygens (including phenoxy) is 1. The molecule has 8 heteroatoms.